The van der Waals surface area contributed by atoms with Gasteiger partial charge in [-0.3, -0.25) is 0 Å². The number of aryl methyl sites for hydroxylation is 13. The molecule has 0 nitrogen and oxygen atoms in total. The van der Waals surface area contributed by atoms with Crippen molar-refractivity contribution < 1.29 is 0 Å². The minimum Gasteiger partial charge on any atom is -0.0622 e. The van der Waals surface area contributed by atoms with Crippen molar-refractivity contribution >= 4 is 0 Å². The van der Waals surface area contributed by atoms with Crippen molar-refractivity contribution in [1.29, 1.82) is 0 Å². The molecule has 0 aliphatic rings. The van der Waals surface area contributed by atoms with Crippen LogP contribution < -0.4 is 0 Å². The fourth-order valence-corrected chi connectivity index (χ4v) is 7.01. The van der Waals surface area contributed by atoms with Crippen molar-refractivity contribution in [2.45, 2.75) is 169 Å². The fourth-order valence-electron chi connectivity index (χ4n) is 7.01. The van der Waals surface area contributed by atoms with Crippen molar-refractivity contribution in [1.82, 2.24) is 0 Å². The maximum atomic E-state index is 2.34. The third kappa shape index (κ3) is 27.7. The monoisotopic (exact) mass is 897 g/mol. The van der Waals surface area contributed by atoms with Crippen LogP contribution in [-0.4, -0.2) is 0 Å². The summed E-state index contributed by atoms with van der Waals surface area (Å²) in [5.41, 5.74) is 22.2. The molecule has 0 aliphatic carbocycles. The average molecular weight is 897 g/mol. The highest BCUT2D eigenvalue weighted by molar-refractivity contribution is 5.33. The Morgan fingerprint density at radius 2 is 0.522 bits per heavy atom. The Hall–Kier alpha value is -5.46. The van der Waals surface area contributed by atoms with Crippen molar-refractivity contribution in [2.24, 2.45) is 0 Å². The van der Waals surface area contributed by atoms with E-state index in [1.54, 1.807) is 0 Å². The van der Waals surface area contributed by atoms with Gasteiger partial charge in [-0.15, -0.1) is 0 Å². The summed E-state index contributed by atoms with van der Waals surface area (Å²) in [4.78, 5) is 0. The van der Waals surface area contributed by atoms with Gasteiger partial charge in [-0.25, -0.2) is 0 Å². The third-order valence-corrected chi connectivity index (χ3v) is 11.3. The summed E-state index contributed by atoms with van der Waals surface area (Å²) in [7, 11) is 0. The van der Waals surface area contributed by atoms with E-state index in [4.69, 9.17) is 0 Å². The summed E-state index contributed by atoms with van der Waals surface area (Å²) >= 11 is 0. The summed E-state index contributed by atoms with van der Waals surface area (Å²) in [6.07, 6.45) is 3.43. The maximum absolute atomic E-state index is 2.34. The van der Waals surface area contributed by atoms with Crippen LogP contribution in [0, 0.1) is 69.2 Å². The van der Waals surface area contributed by atoms with Crippen LogP contribution in [0.25, 0.3) is 0 Å². The smallest absolute Gasteiger partial charge is 0.0219 e. The quantitative estimate of drug-likeness (QED) is 0.156. The third-order valence-electron chi connectivity index (χ3n) is 11.3. The molecule has 0 aliphatic heterocycles. The second-order valence-electron chi connectivity index (χ2n) is 19.4. The topological polar surface area (TPSA) is 0 Å². The Kier molecular flexibility index (Phi) is 29.4. The molecule has 360 valence electrons. The zero-order valence-electron chi connectivity index (χ0n) is 45.9. The summed E-state index contributed by atoms with van der Waals surface area (Å²) in [6, 6.07) is 56.4. The number of rotatable bonds is 6. The predicted octanol–water partition coefficient (Wildman–Crippen LogP) is 19.9. The first-order valence-corrected chi connectivity index (χ1v) is 25.1. The van der Waals surface area contributed by atoms with Crippen molar-refractivity contribution in [3.63, 3.8) is 0 Å². The average Bonchev–Trinajstić information content (AvgIpc) is 3.28. The molecule has 67 heavy (non-hydrogen) atoms. The molecule has 0 aromatic heterocycles. The Balaban J connectivity index is 0.000000394. The fraction of sp³-hybridized carbons (Fsp3) is 0.373. The van der Waals surface area contributed by atoms with Gasteiger partial charge in [-0.2, -0.15) is 0 Å². The maximum Gasteiger partial charge on any atom is -0.0219 e. The first kappa shape index (κ1) is 59.6. The number of hydrogen-bond donors (Lipinski definition) is 0. The standard InChI is InChI=1S/C13H20.C11H16.C10H14.2C9H12.C8H10.C7H8/c1-9(2)12-6-11(5)7-13(8-12)10(3)4;1-4-10-6-9(3)7-11(5-2)8-10;1-8(2)10-6-4-9(3)5-7-10;1-7-4-8(2)6-9(3)5-7;1-3-9-6-4-8(2)5-7-9;1-7-3-5-8(2)6-4-7;1-7-5-3-2-4-6-7/h6-10H,1-5H3;6-8H,4-5H2,1-3H3;4-8H,1-3H3;4-6H,1-3H3;4-7H,3H2,1-2H3;3-6H,1-2H3;2-6H,1H3. The summed E-state index contributed by atoms with van der Waals surface area (Å²) in [5, 5.41) is 0. The molecule has 0 amide bonds. The molecule has 7 rings (SSSR count). The van der Waals surface area contributed by atoms with Gasteiger partial charge in [-0.05, 0) is 140 Å². The van der Waals surface area contributed by atoms with E-state index in [9.17, 15) is 0 Å². The molecule has 7 aromatic rings. The van der Waals surface area contributed by atoms with Crippen LogP contribution in [0.4, 0.5) is 0 Å². The van der Waals surface area contributed by atoms with Gasteiger partial charge in [-0.1, -0.05) is 276 Å². The van der Waals surface area contributed by atoms with Crippen LogP contribution in [0.2, 0.25) is 0 Å². The Labute approximate surface area is 413 Å². The van der Waals surface area contributed by atoms with Gasteiger partial charge in [0.1, 0.15) is 0 Å². The highest BCUT2D eigenvalue weighted by Gasteiger charge is 2.05. The number of benzene rings is 7. The molecule has 0 spiro atoms. The Morgan fingerprint density at radius 3 is 0.821 bits per heavy atom. The normalized spacial score (nSPS) is 10.0. The first-order chi connectivity index (χ1) is 31.6. The van der Waals surface area contributed by atoms with E-state index in [0.29, 0.717) is 17.8 Å². The van der Waals surface area contributed by atoms with Crippen LogP contribution in [-0.2, 0) is 19.3 Å². The minimum absolute atomic E-state index is 0.636. The molecule has 0 fully saturated rings. The van der Waals surface area contributed by atoms with E-state index in [2.05, 4.69) is 271 Å². The van der Waals surface area contributed by atoms with Crippen molar-refractivity contribution in [2.75, 3.05) is 0 Å². The zero-order chi connectivity index (χ0) is 50.5. The molecule has 0 bridgehead atoms. The molecule has 7 aromatic carbocycles. The lowest BCUT2D eigenvalue weighted by Crippen LogP contribution is -1.94. The molecule has 0 N–H and O–H groups in total. The lowest BCUT2D eigenvalue weighted by Gasteiger charge is -2.12. The zero-order valence-corrected chi connectivity index (χ0v) is 45.9. The molecular formula is C67H92. The first-order valence-electron chi connectivity index (χ1n) is 25.1. The van der Waals surface area contributed by atoms with Gasteiger partial charge in [0, 0.05) is 0 Å². The summed E-state index contributed by atoms with van der Waals surface area (Å²) < 4.78 is 0. The van der Waals surface area contributed by atoms with E-state index in [0.717, 1.165) is 19.3 Å². The van der Waals surface area contributed by atoms with Crippen LogP contribution >= 0.6 is 0 Å². The highest BCUT2D eigenvalue weighted by Crippen LogP contribution is 2.23. The second kappa shape index (κ2) is 33.1. The van der Waals surface area contributed by atoms with Crippen LogP contribution in [0.1, 0.15) is 169 Å². The van der Waals surface area contributed by atoms with E-state index >= 15 is 0 Å². The Bertz CT molecular complexity index is 2220. The van der Waals surface area contributed by atoms with E-state index in [-0.39, 0.29) is 0 Å². The molecular weight excluding hydrogens is 805 g/mol. The molecule has 0 atom stereocenters. The summed E-state index contributed by atoms with van der Waals surface area (Å²) in [6.45, 7) is 41.2. The van der Waals surface area contributed by atoms with Crippen molar-refractivity contribution in [3.8, 4) is 0 Å². The van der Waals surface area contributed by atoms with Gasteiger partial charge in [0.05, 0.1) is 0 Å². The van der Waals surface area contributed by atoms with Gasteiger partial charge in [0.25, 0.3) is 0 Å². The van der Waals surface area contributed by atoms with Gasteiger partial charge in [0.2, 0.25) is 0 Å². The van der Waals surface area contributed by atoms with E-state index in [1.807, 2.05) is 18.2 Å². The predicted molar refractivity (Wildman–Crippen MR) is 303 cm³/mol. The van der Waals surface area contributed by atoms with Crippen LogP contribution in [0.15, 0.2) is 158 Å². The highest BCUT2D eigenvalue weighted by atomic mass is 14.1. The molecule has 0 saturated heterocycles. The molecule has 0 unspecified atom stereocenters. The largest absolute Gasteiger partial charge is 0.0622 e. The molecule has 0 radical (unpaired) electrons. The van der Waals surface area contributed by atoms with Crippen LogP contribution in [0.5, 0.6) is 0 Å². The van der Waals surface area contributed by atoms with Gasteiger partial charge >= 0.3 is 0 Å². The molecule has 0 heterocycles. The van der Waals surface area contributed by atoms with Crippen LogP contribution in [0.3, 0.4) is 0 Å². The SMILES string of the molecule is CCc1cc(C)cc(CC)c1.CCc1ccc(C)cc1.Cc1cc(C(C)C)cc(C(C)C)c1.Cc1cc(C)cc(C)c1.Cc1ccc(C(C)C)cc1.Cc1ccc(C)cc1.Cc1ccccc1. The second-order valence-corrected chi connectivity index (χ2v) is 19.4. The minimum atomic E-state index is 0.636. The van der Waals surface area contributed by atoms with Crippen molar-refractivity contribution in [3.05, 3.63) is 247 Å². The molecule has 0 saturated carbocycles. The van der Waals surface area contributed by atoms with Gasteiger partial charge in [0.15, 0.2) is 0 Å². The number of hydrogen-bond acceptors (Lipinski definition) is 0. The van der Waals surface area contributed by atoms with E-state index < -0.39 is 0 Å². The lowest BCUT2D eigenvalue weighted by atomic mass is 9.94. The lowest BCUT2D eigenvalue weighted by molar-refractivity contribution is 0.831. The molecule has 0 heteroatoms. The summed E-state index contributed by atoms with van der Waals surface area (Å²) in [5.74, 6) is 1.93. The Morgan fingerprint density at radius 1 is 0.239 bits per heavy atom. The van der Waals surface area contributed by atoms with E-state index in [1.165, 1.54) is 89.0 Å². The van der Waals surface area contributed by atoms with Gasteiger partial charge < -0.3 is 0 Å².